The summed E-state index contributed by atoms with van der Waals surface area (Å²) in [7, 11) is 1.68. The molecule has 1 amide bonds. The maximum atomic E-state index is 12.3. The maximum Gasteiger partial charge on any atom is 0.223 e. The Balaban J connectivity index is 1.50. The van der Waals surface area contributed by atoms with Gasteiger partial charge in [0.15, 0.2) is 0 Å². The highest BCUT2D eigenvalue weighted by Crippen LogP contribution is 2.22. The van der Waals surface area contributed by atoms with Crippen molar-refractivity contribution in [1.82, 2.24) is 4.90 Å². The summed E-state index contributed by atoms with van der Waals surface area (Å²) in [5, 5.41) is 2.06. The van der Waals surface area contributed by atoms with Gasteiger partial charge in [0.05, 0.1) is 7.11 Å². The Kier molecular flexibility index (Phi) is 5.18. The zero-order chi connectivity index (χ0) is 16.1. The van der Waals surface area contributed by atoms with Gasteiger partial charge in [-0.3, -0.25) is 4.79 Å². The average Bonchev–Trinajstić information content (AvgIpc) is 3.13. The quantitative estimate of drug-likeness (QED) is 0.845. The molecule has 0 unspecified atom stereocenters. The Morgan fingerprint density at radius 3 is 2.70 bits per heavy atom. The van der Waals surface area contributed by atoms with E-state index in [2.05, 4.69) is 22.4 Å². The number of methoxy groups -OCH3 is 1. The molecule has 23 heavy (non-hydrogen) atoms. The zero-order valence-corrected chi connectivity index (χ0v) is 14.2. The van der Waals surface area contributed by atoms with Crippen LogP contribution in [0.5, 0.6) is 5.75 Å². The van der Waals surface area contributed by atoms with E-state index in [4.69, 9.17) is 4.74 Å². The summed E-state index contributed by atoms with van der Waals surface area (Å²) in [6, 6.07) is 12.2. The molecule has 1 aliphatic rings. The highest BCUT2D eigenvalue weighted by molar-refractivity contribution is 7.09. The van der Waals surface area contributed by atoms with Gasteiger partial charge in [-0.1, -0.05) is 12.1 Å². The Morgan fingerprint density at radius 2 is 2.00 bits per heavy atom. The molecule has 2 aromatic rings. The van der Waals surface area contributed by atoms with Crippen molar-refractivity contribution < 1.29 is 9.53 Å². The van der Waals surface area contributed by atoms with Crippen molar-refractivity contribution in [2.45, 2.75) is 12.8 Å². The number of nitrogens with zero attached hydrogens (tertiary/aromatic N) is 2. The molecule has 0 radical (unpaired) electrons. The Bertz CT molecular complexity index is 634. The highest BCUT2D eigenvalue weighted by atomic mass is 32.1. The summed E-state index contributed by atoms with van der Waals surface area (Å²) in [5.74, 6) is 1.14. The fourth-order valence-electron chi connectivity index (χ4n) is 2.86. The molecule has 1 fully saturated rings. The summed E-state index contributed by atoms with van der Waals surface area (Å²) in [4.78, 5) is 17.9. The standard InChI is InChI=1S/C18H22N2O2S/c1-22-16-5-2-4-15(14-16)19-9-11-20(12-10-19)18(21)8-7-17-6-3-13-23-17/h2-6,13-14H,7-12H2,1H3. The number of anilines is 1. The van der Waals surface area contributed by atoms with E-state index in [-0.39, 0.29) is 5.91 Å². The molecular weight excluding hydrogens is 308 g/mol. The fourth-order valence-corrected chi connectivity index (χ4v) is 3.57. The van der Waals surface area contributed by atoms with E-state index in [1.807, 2.05) is 29.2 Å². The van der Waals surface area contributed by atoms with Crippen LogP contribution in [0.25, 0.3) is 0 Å². The molecule has 4 nitrogen and oxygen atoms in total. The van der Waals surface area contributed by atoms with E-state index in [0.29, 0.717) is 6.42 Å². The van der Waals surface area contributed by atoms with Gasteiger partial charge in [-0.25, -0.2) is 0 Å². The second-order valence-electron chi connectivity index (χ2n) is 5.65. The van der Waals surface area contributed by atoms with E-state index in [0.717, 1.165) is 44.0 Å². The van der Waals surface area contributed by atoms with Crippen molar-refractivity contribution in [3.05, 3.63) is 46.7 Å². The Hall–Kier alpha value is -2.01. The van der Waals surface area contributed by atoms with Gasteiger partial charge >= 0.3 is 0 Å². The minimum Gasteiger partial charge on any atom is -0.497 e. The molecule has 0 spiro atoms. The van der Waals surface area contributed by atoms with E-state index >= 15 is 0 Å². The molecule has 1 aromatic carbocycles. The van der Waals surface area contributed by atoms with E-state index in [9.17, 15) is 4.79 Å². The van der Waals surface area contributed by atoms with Crippen molar-refractivity contribution in [2.75, 3.05) is 38.2 Å². The number of carbonyl (C=O) groups is 1. The van der Waals surface area contributed by atoms with E-state index in [1.54, 1.807) is 18.4 Å². The van der Waals surface area contributed by atoms with Crippen LogP contribution in [0.4, 0.5) is 5.69 Å². The molecule has 2 heterocycles. The summed E-state index contributed by atoms with van der Waals surface area (Å²) in [6.45, 7) is 3.33. The molecule has 5 heteroatoms. The first-order chi connectivity index (χ1) is 11.3. The molecule has 1 aliphatic heterocycles. The number of hydrogen-bond acceptors (Lipinski definition) is 4. The number of aryl methyl sites for hydroxylation is 1. The van der Waals surface area contributed by atoms with Gasteiger partial charge in [0.1, 0.15) is 5.75 Å². The molecule has 1 saturated heterocycles. The topological polar surface area (TPSA) is 32.8 Å². The monoisotopic (exact) mass is 330 g/mol. The number of ether oxygens (including phenoxy) is 1. The molecule has 1 aromatic heterocycles. The van der Waals surface area contributed by atoms with Crippen LogP contribution >= 0.6 is 11.3 Å². The van der Waals surface area contributed by atoms with Crippen LogP contribution in [0, 0.1) is 0 Å². The molecule has 0 N–H and O–H groups in total. The van der Waals surface area contributed by atoms with Crippen molar-refractivity contribution in [3.8, 4) is 5.75 Å². The predicted molar refractivity (Wildman–Crippen MR) is 94.4 cm³/mol. The highest BCUT2D eigenvalue weighted by Gasteiger charge is 2.21. The van der Waals surface area contributed by atoms with Gasteiger partial charge in [0.2, 0.25) is 5.91 Å². The van der Waals surface area contributed by atoms with Crippen LogP contribution in [0.3, 0.4) is 0 Å². The summed E-state index contributed by atoms with van der Waals surface area (Å²) >= 11 is 1.72. The number of rotatable bonds is 5. The molecule has 0 bridgehead atoms. The third kappa shape index (κ3) is 4.05. The van der Waals surface area contributed by atoms with Crippen molar-refractivity contribution >= 4 is 22.9 Å². The lowest BCUT2D eigenvalue weighted by molar-refractivity contribution is -0.131. The minimum absolute atomic E-state index is 0.267. The lowest BCUT2D eigenvalue weighted by Gasteiger charge is -2.36. The minimum atomic E-state index is 0.267. The van der Waals surface area contributed by atoms with Crippen LogP contribution in [-0.2, 0) is 11.2 Å². The molecule has 0 saturated carbocycles. The molecule has 122 valence electrons. The van der Waals surface area contributed by atoms with Crippen LogP contribution in [0.2, 0.25) is 0 Å². The third-order valence-corrected chi connectivity index (χ3v) is 5.15. The van der Waals surface area contributed by atoms with Crippen molar-refractivity contribution in [2.24, 2.45) is 0 Å². The number of amides is 1. The number of carbonyl (C=O) groups excluding carboxylic acids is 1. The van der Waals surface area contributed by atoms with Crippen LogP contribution in [0.1, 0.15) is 11.3 Å². The molecule has 0 atom stereocenters. The fraction of sp³-hybridized carbons (Fsp3) is 0.389. The molecule has 0 aliphatic carbocycles. The maximum absolute atomic E-state index is 12.3. The first-order valence-corrected chi connectivity index (χ1v) is 8.83. The first kappa shape index (κ1) is 15.9. The Labute approximate surface area is 141 Å². The second-order valence-corrected chi connectivity index (χ2v) is 6.68. The lowest BCUT2D eigenvalue weighted by Crippen LogP contribution is -2.48. The SMILES string of the molecule is COc1cccc(N2CCN(C(=O)CCc3cccs3)CC2)c1. The normalized spacial score (nSPS) is 14.8. The lowest BCUT2D eigenvalue weighted by atomic mass is 10.2. The number of benzene rings is 1. The van der Waals surface area contributed by atoms with Gasteiger partial charge in [0.25, 0.3) is 0 Å². The van der Waals surface area contributed by atoms with Crippen LogP contribution in [0.15, 0.2) is 41.8 Å². The third-order valence-electron chi connectivity index (χ3n) is 4.22. The predicted octanol–water partition coefficient (Wildman–Crippen LogP) is 3.04. The zero-order valence-electron chi connectivity index (χ0n) is 13.4. The van der Waals surface area contributed by atoms with Crippen molar-refractivity contribution in [1.29, 1.82) is 0 Å². The summed E-state index contributed by atoms with van der Waals surface area (Å²) in [5.41, 5.74) is 1.16. The Morgan fingerprint density at radius 1 is 1.17 bits per heavy atom. The van der Waals surface area contributed by atoms with Crippen LogP contribution < -0.4 is 9.64 Å². The smallest absolute Gasteiger partial charge is 0.223 e. The van der Waals surface area contributed by atoms with Gasteiger partial charge in [-0.05, 0) is 30.0 Å². The number of thiophene rings is 1. The number of piperazine rings is 1. The second kappa shape index (κ2) is 7.51. The van der Waals surface area contributed by atoms with Gasteiger partial charge in [0, 0.05) is 49.2 Å². The first-order valence-electron chi connectivity index (χ1n) is 7.95. The number of hydrogen-bond donors (Lipinski definition) is 0. The summed E-state index contributed by atoms with van der Waals surface area (Å²) < 4.78 is 5.28. The van der Waals surface area contributed by atoms with Gasteiger partial charge in [-0.2, -0.15) is 0 Å². The molecule has 3 rings (SSSR count). The van der Waals surface area contributed by atoms with Gasteiger partial charge in [-0.15, -0.1) is 11.3 Å². The molecular formula is C18H22N2O2S. The van der Waals surface area contributed by atoms with Gasteiger partial charge < -0.3 is 14.5 Å². The van der Waals surface area contributed by atoms with Crippen LogP contribution in [-0.4, -0.2) is 44.1 Å². The van der Waals surface area contributed by atoms with E-state index < -0.39 is 0 Å². The largest absolute Gasteiger partial charge is 0.497 e. The van der Waals surface area contributed by atoms with Crippen molar-refractivity contribution in [3.63, 3.8) is 0 Å². The summed E-state index contributed by atoms with van der Waals surface area (Å²) in [6.07, 6.45) is 1.46. The average molecular weight is 330 g/mol. The van der Waals surface area contributed by atoms with E-state index in [1.165, 1.54) is 4.88 Å².